The molecule has 0 radical (unpaired) electrons. The molecular formula is C18H29NO. The van der Waals surface area contributed by atoms with Crippen molar-refractivity contribution in [3.05, 3.63) is 35.4 Å². The second kappa shape index (κ2) is 7.58. The third kappa shape index (κ3) is 4.45. The number of hydrogen-bond donors (Lipinski definition) is 1. The summed E-state index contributed by atoms with van der Waals surface area (Å²) in [5.41, 5.74) is 8.45. The van der Waals surface area contributed by atoms with E-state index in [9.17, 15) is 4.79 Å². The lowest BCUT2D eigenvalue weighted by atomic mass is 9.86. The van der Waals surface area contributed by atoms with E-state index in [0.29, 0.717) is 5.92 Å². The van der Waals surface area contributed by atoms with Gasteiger partial charge in [-0.05, 0) is 29.4 Å². The number of hydrogen-bond acceptors (Lipinski definition) is 2. The van der Waals surface area contributed by atoms with E-state index >= 15 is 0 Å². The van der Waals surface area contributed by atoms with E-state index in [-0.39, 0.29) is 23.7 Å². The lowest BCUT2D eigenvalue weighted by Gasteiger charge is -2.21. The van der Waals surface area contributed by atoms with Crippen LogP contribution < -0.4 is 5.73 Å². The molecule has 2 nitrogen and oxygen atoms in total. The van der Waals surface area contributed by atoms with Crippen LogP contribution in [0.5, 0.6) is 0 Å². The summed E-state index contributed by atoms with van der Waals surface area (Å²) in [7, 11) is 0. The van der Waals surface area contributed by atoms with Crippen LogP contribution in [0.4, 0.5) is 0 Å². The number of ketones is 1. The number of benzene rings is 1. The predicted octanol–water partition coefficient (Wildman–Crippen LogP) is 3.93. The van der Waals surface area contributed by atoms with Gasteiger partial charge in [0, 0.05) is 5.92 Å². The van der Waals surface area contributed by atoms with Crippen LogP contribution in [0.15, 0.2) is 24.3 Å². The molecule has 3 atom stereocenters. The van der Waals surface area contributed by atoms with Gasteiger partial charge in [-0.25, -0.2) is 0 Å². The van der Waals surface area contributed by atoms with Crippen molar-refractivity contribution in [2.24, 2.45) is 17.6 Å². The highest BCUT2D eigenvalue weighted by molar-refractivity contribution is 5.90. The Morgan fingerprint density at radius 1 is 1.10 bits per heavy atom. The molecule has 20 heavy (non-hydrogen) atoms. The van der Waals surface area contributed by atoms with Gasteiger partial charge < -0.3 is 5.73 Å². The zero-order valence-electron chi connectivity index (χ0n) is 13.5. The molecule has 0 aromatic heterocycles. The molecule has 0 aliphatic heterocycles. The average Bonchev–Trinajstić information content (AvgIpc) is 2.44. The number of carbonyl (C=O) groups excluding carboxylic acids is 1. The topological polar surface area (TPSA) is 43.1 Å². The second-order valence-corrected chi connectivity index (χ2v) is 6.37. The van der Waals surface area contributed by atoms with Crippen LogP contribution >= 0.6 is 0 Å². The van der Waals surface area contributed by atoms with Crippen molar-refractivity contribution in [3.8, 4) is 0 Å². The Bertz CT molecular complexity index is 422. The lowest BCUT2D eigenvalue weighted by Crippen LogP contribution is -2.39. The first-order valence-corrected chi connectivity index (χ1v) is 7.74. The molecule has 1 aromatic rings. The Balaban J connectivity index is 2.76. The van der Waals surface area contributed by atoms with Crippen molar-refractivity contribution in [2.75, 3.05) is 0 Å². The molecular weight excluding hydrogens is 246 g/mol. The average molecular weight is 275 g/mol. The second-order valence-electron chi connectivity index (χ2n) is 6.37. The molecule has 1 rings (SSSR count). The maximum Gasteiger partial charge on any atom is 0.156 e. The van der Waals surface area contributed by atoms with Gasteiger partial charge in [0.15, 0.2) is 5.78 Å². The molecule has 0 spiro atoms. The first-order chi connectivity index (χ1) is 9.36. The molecule has 112 valence electrons. The van der Waals surface area contributed by atoms with Crippen molar-refractivity contribution in [1.82, 2.24) is 0 Å². The summed E-state index contributed by atoms with van der Waals surface area (Å²) >= 11 is 0. The molecule has 0 saturated carbocycles. The maximum atomic E-state index is 12.4. The van der Waals surface area contributed by atoms with Gasteiger partial charge in [0.05, 0.1) is 6.04 Å². The van der Waals surface area contributed by atoms with Crippen molar-refractivity contribution in [1.29, 1.82) is 0 Å². The first kappa shape index (κ1) is 16.9. The minimum absolute atomic E-state index is 0.118. The Labute approximate surface area is 123 Å². The van der Waals surface area contributed by atoms with Gasteiger partial charge in [-0.15, -0.1) is 0 Å². The number of nitrogens with two attached hydrogens (primary N) is 1. The van der Waals surface area contributed by atoms with E-state index in [1.54, 1.807) is 0 Å². The fraction of sp³-hybridized carbons (Fsp3) is 0.611. The molecule has 2 heteroatoms. The summed E-state index contributed by atoms with van der Waals surface area (Å²) in [6.45, 7) is 10.5. The SMILES string of the molecule is CCC(C)C(N)C(=O)[C@@H](C)c1ccc(CC(C)C)cc1. The van der Waals surface area contributed by atoms with Crippen molar-refractivity contribution < 1.29 is 4.79 Å². The van der Waals surface area contributed by atoms with Crippen LogP contribution in [0, 0.1) is 11.8 Å². The summed E-state index contributed by atoms with van der Waals surface area (Å²) in [6, 6.07) is 8.06. The van der Waals surface area contributed by atoms with E-state index in [4.69, 9.17) is 5.73 Å². The number of carbonyl (C=O) groups is 1. The molecule has 1 aromatic carbocycles. The summed E-state index contributed by atoms with van der Waals surface area (Å²) < 4.78 is 0. The Morgan fingerprint density at radius 3 is 2.10 bits per heavy atom. The summed E-state index contributed by atoms with van der Waals surface area (Å²) in [4.78, 5) is 12.4. The molecule has 0 saturated heterocycles. The molecule has 0 aliphatic carbocycles. The van der Waals surface area contributed by atoms with E-state index in [0.717, 1.165) is 18.4 Å². The third-order valence-electron chi connectivity index (χ3n) is 4.14. The Hall–Kier alpha value is -1.15. The highest BCUT2D eigenvalue weighted by Gasteiger charge is 2.25. The zero-order chi connectivity index (χ0) is 15.3. The largest absolute Gasteiger partial charge is 0.321 e. The van der Waals surface area contributed by atoms with Gasteiger partial charge in [0.25, 0.3) is 0 Å². The number of Topliss-reactive ketones (excluding diaryl/α,β-unsaturated/α-hetero) is 1. The van der Waals surface area contributed by atoms with Gasteiger partial charge in [-0.3, -0.25) is 4.79 Å². The summed E-state index contributed by atoms with van der Waals surface area (Å²) in [5.74, 6) is 0.923. The van der Waals surface area contributed by atoms with Crippen LogP contribution in [0.1, 0.15) is 58.1 Å². The van der Waals surface area contributed by atoms with E-state index in [1.165, 1.54) is 5.56 Å². The third-order valence-corrected chi connectivity index (χ3v) is 4.14. The van der Waals surface area contributed by atoms with Crippen LogP contribution in [0.2, 0.25) is 0 Å². The van der Waals surface area contributed by atoms with Gasteiger partial charge in [0.1, 0.15) is 0 Å². The molecule has 2 unspecified atom stereocenters. The summed E-state index contributed by atoms with van der Waals surface area (Å²) in [6.07, 6.45) is 2.02. The van der Waals surface area contributed by atoms with Gasteiger partial charge in [-0.2, -0.15) is 0 Å². The monoisotopic (exact) mass is 275 g/mol. The quantitative estimate of drug-likeness (QED) is 0.819. The molecule has 0 heterocycles. The smallest absolute Gasteiger partial charge is 0.156 e. The zero-order valence-corrected chi connectivity index (χ0v) is 13.5. The fourth-order valence-electron chi connectivity index (χ4n) is 2.40. The first-order valence-electron chi connectivity index (χ1n) is 7.74. The lowest BCUT2D eigenvalue weighted by molar-refractivity contribution is -0.122. The van der Waals surface area contributed by atoms with Crippen molar-refractivity contribution in [3.63, 3.8) is 0 Å². The molecule has 0 amide bonds. The van der Waals surface area contributed by atoms with Crippen LogP contribution in [0.3, 0.4) is 0 Å². The van der Waals surface area contributed by atoms with E-state index in [2.05, 4.69) is 45.0 Å². The molecule has 0 fully saturated rings. The minimum Gasteiger partial charge on any atom is -0.321 e. The van der Waals surface area contributed by atoms with Crippen molar-refractivity contribution in [2.45, 2.75) is 59.4 Å². The fourth-order valence-corrected chi connectivity index (χ4v) is 2.40. The van der Waals surface area contributed by atoms with Gasteiger partial charge in [-0.1, -0.05) is 65.3 Å². The highest BCUT2D eigenvalue weighted by Crippen LogP contribution is 2.21. The molecule has 0 bridgehead atoms. The van der Waals surface area contributed by atoms with Crippen LogP contribution in [0.25, 0.3) is 0 Å². The maximum absolute atomic E-state index is 12.4. The Kier molecular flexibility index (Phi) is 6.41. The molecule has 0 aliphatic rings. The van der Waals surface area contributed by atoms with Gasteiger partial charge in [0.2, 0.25) is 0 Å². The Morgan fingerprint density at radius 2 is 1.65 bits per heavy atom. The standard InChI is InChI=1S/C18H29NO/c1-6-13(4)17(19)18(20)14(5)16-9-7-15(8-10-16)11-12(2)3/h7-10,12-14,17H,6,11,19H2,1-5H3/t13?,14-,17?/m0/s1. The van der Waals surface area contributed by atoms with E-state index in [1.807, 2.05) is 13.8 Å². The van der Waals surface area contributed by atoms with Crippen LogP contribution in [-0.2, 0) is 11.2 Å². The summed E-state index contributed by atoms with van der Waals surface area (Å²) in [5, 5.41) is 0. The van der Waals surface area contributed by atoms with E-state index < -0.39 is 0 Å². The van der Waals surface area contributed by atoms with Gasteiger partial charge >= 0.3 is 0 Å². The predicted molar refractivity (Wildman–Crippen MR) is 85.8 cm³/mol. The van der Waals surface area contributed by atoms with Crippen LogP contribution in [-0.4, -0.2) is 11.8 Å². The minimum atomic E-state index is -0.356. The molecule has 2 N–H and O–H groups in total. The number of rotatable bonds is 7. The van der Waals surface area contributed by atoms with Crippen molar-refractivity contribution >= 4 is 5.78 Å². The highest BCUT2D eigenvalue weighted by atomic mass is 16.1. The normalized spacial score (nSPS) is 15.9.